The number of ether oxygens (including phenoxy) is 3. The summed E-state index contributed by atoms with van der Waals surface area (Å²) < 4.78 is 14.4. The molecule has 1 aromatic rings. The Labute approximate surface area is 111 Å². The molecule has 0 bridgehead atoms. The molecule has 0 aromatic heterocycles. The van der Waals surface area contributed by atoms with E-state index in [4.69, 9.17) is 9.47 Å². The largest absolute Gasteiger partial charge is 0.495 e. The first-order valence-electron chi connectivity index (χ1n) is 5.57. The van der Waals surface area contributed by atoms with Crippen molar-refractivity contribution in [2.24, 2.45) is 0 Å². The quantitative estimate of drug-likeness (QED) is 0.608. The van der Waals surface area contributed by atoms with Crippen molar-refractivity contribution < 1.29 is 23.8 Å². The Morgan fingerprint density at radius 2 is 2.00 bits per heavy atom. The van der Waals surface area contributed by atoms with E-state index in [9.17, 15) is 9.59 Å². The molecule has 0 aliphatic carbocycles. The Hall–Kier alpha value is -2.48. The molecule has 5 nitrogen and oxygen atoms in total. The predicted octanol–water partition coefficient (Wildman–Crippen LogP) is 1.40. The van der Waals surface area contributed by atoms with Crippen molar-refractivity contribution in [2.75, 3.05) is 20.8 Å². The van der Waals surface area contributed by atoms with Crippen LogP contribution < -0.4 is 4.74 Å². The number of rotatable bonds is 3. The van der Waals surface area contributed by atoms with Crippen molar-refractivity contribution in [2.45, 2.75) is 6.92 Å². The van der Waals surface area contributed by atoms with Crippen LogP contribution in [-0.4, -0.2) is 32.8 Å². The highest BCUT2D eigenvalue weighted by molar-refractivity contribution is 5.91. The molecule has 5 heteroatoms. The Balaban J connectivity index is 3.09. The summed E-state index contributed by atoms with van der Waals surface area (Å²) in [7, 11) is 2.76. The van der Waals surface area contributed by atoms with E-state index in [1.807, 2.05) is 0 Å². The minimum absolute atomic E-state index is 0.257. The maximum absolute atomic E-state index is 11.4. The van der Waals surface area contributed by atoms with Gasteiger partial charge in [0.05, 0.1) is 32.0 Å². The fourth-order valence-corrected chi connectivity index (χ4v) is 1.34. The third-order valence-corrected chi connectivity index (χ3v) is 2.20. The molecule has 0 unspecified atom stereocenters. The van der Waals surface area contributed by atoms with Gasteiger partial charge in [0.2, 0.25) is 0 Å². The van der Waals surface area contributed by atoms with Crippen LogP contribution in [0, 0.1) is 11.8 Å². The van der Waals surface area contributed by atoms with Gasteiger partial charge in [0, 0.05) is 5.92 Å². The molecule has 0 heterocycles. The van der Waals surface area contributed by atoms with E-state index in [2.05, 4.69) is 16.6 Å². The second-order valence-corrected chi connectivity index (χ2v) is 3.38. The van der Waals surface area contributed by atoms with E-state index in [-0.39, 0.29) is 6.61 Å². The van der Waals surface area contributed by atoms with Crippen molar-refractivity contribution in [1.29, 1.82) is 0 Å². The number of esters is 2. The Morgan fingerprint density at radius 3 is 2.58 bits per heavy atom. The number of benzene rings is 1. The smallest absolute Gasteiger partial charge is 0.384 e. The van der Waals surface area contributed by atoms with Crippen molar-refractivity contribution in [3.8, 4) is 17.6 Å². The van der Waals surface area contributed by atoms with Crippen LogP contribution in [0.3, 0.4) is 0 Å². The SMILES string of the molecule is CCOC(=O)C#Cc1cc(C(=O)OC)ccc1OC. The van der Waals surface area contributed by atoms with Crippen LogP contribution in [0.5, 0.6) is 5.75 Å². The molecule has 0 fully saturated rings. The molecule has 100 valence electrons. The van der Waals surface area contributed by atoms with Gasteiger partial charge < -0.3 is 14.2 Å². The summed E-state index contributed by atoms with van der Waals surface area (Å²) in [6, 6.07) is 4.64. The lowest BCUT2D eigenvalue weighted by molar-refractivity contribution is -0.136. The molecule has 0 saturated heterocycles. The van der Waals surface area contributed by atoms with E-state index >= 15 is 0 Å². The average Bonchev–Trinajstić information content (AvgIpc) is 2.44. The Bertz CT molecular complexity index is 537. The summed E-state index contributed by atoms with van der Waals surface area (Å²) in [6.45, 7) is 1.95. The molecule has 1 aromatic carbocycles. The van der Waals surface area contributed by atoms with Gasteiger partial charge in [-0.05, 0) is 25.1 Å². The highest BCUT2D eigenvalue weighted by atomic mass is 16.5. The van der Waals surface area contributed by atoms with Crippen LogP contribution in [0.1, 0.15) is 22.8 Å². The van der Waals surface area contributed by atoms with Gasteiger partial charge in [-0.15, -0.1) is 0 Å². The number of hydrogen-bond acceptors (Lipinski definition) is 5. The van der Waals surface area contributed by atoms with Crippen LogP contribution in [-0.2, 0) is 14.3 Å². The maximum atomic E-state index is 11.4. The molecule has 0 atom stereocenters. The van der Waals surface area contributed by atoms with E-state index in [1.165, 1.54) is 20.3 Å². The topological polar surface area (TPSA) is 61.8 Å². The number of carbonyl (C=O) groups is 2. The third-order valence-electron chi connectivity index (χ3n) is 2.20. The molecule has 0 amide bonds. The normalized spacial score (nSPS) is 9.00. The molecule has 0 aliphatic rings. The molecule has 0 N–H and O–H groups in total. The van der Waals surface area contributed by atoms with Gasteiger partial charge in [0.1, 0.15) is 5.75 Å². The van der Waals surface area contributed by atoms with Gasteiger partial charge in [0.25, 0.3) is 0 Å². The van der Waals surface area contributed by atoms with Gasteiger partial charge in [-0.2, -0.15) is 0 Å². The van der Waals surface area contributed by atoms with Gasteiger partial charge in [0.15, 0.2) is 0 Å². The summed E-state index contributed by atoms with van der Waals surface area (Å²) in [6.07, 6.45) is 0. The van der Waals surface area contributed by atoms with Crippen LogP contribution in [0.2, 0.25) is 0 Å². The van der Waals surface area contributed by atoms with Crippen LogP contribution >= 0.6 is 0 Å². The summed E-state index contributed by atoms with van der Waals surface area (Å²) in [5, 5.41) is 0. The monoisotopic (exact) mass is 262 g/mol. The van der Waals surface area contributed by atoms with E-state index in [1.54, 1.807) is 19.1 Å². The lowest BCUT2D eigenvalue weighted by Gasteiger charge is -2.05. The summed E-state index contributed by atoms with van der Waals surface area (Å²) in [5.74, 6) is 4.27. The van der Waals surface area contributed by atoms with Crippen LogP contribution in [0.25, 0.3) is 0 Å². The fourth-order valence-electron chi connectivity index (χ4n) is 1.34. The minimum Gasteiger partial charge on any atom is -0.495 e. The first-order chi connectivity index (χ1) is 9.12. The molecular formula is C14H14O5. The highest BCUT2D eigenvalue weighted by Crippen LogP contribution is 2.19. The third kappa shape index (κ3) is 4.03. The Morgan fingerprint density at radius 1 is 1.26 bits per heavy atom. The molecule has 0 spiro atoms. The summed E-state index contributed by atoms with van der Waals surface area (Å²) in [5.41, 5.74) is 0.745. The molecule has 19 heavy (non-hydrogen) atoms. The second kappa shape index (κ2) is 7.07. The van der Waals surface area contributed by atoms with Gasteiger partial charge >= 0.3 is 11.9 Å². The fraction of sp³-hybridized carbons (Fsp3) is 0.286. The average molecular weight is 262 g/mol. The highest BCUT2D eigenvalue weighted by Gasteiger charge is 2.09. The zero-order chi connectivity index (χ0) is 14.3. The molecule has 0 radical (unpaired) electrons. The maximum Gasteiger partial charge on any atom is 0.384 e. The second-order valence-electron chi connectivity index (χ2n) is 3.38. The molecule has 0 aliphatic heterocycles. The first kappa shape index (κ1) is 14.6. The lowest BCUT2D eigenvalue weighted by Crippen LogP contribution is -2.03. The molecular weight excluding hydrogens is 248 g/mol. The molecule has 0 saturated carbocycles. The Kier molecular flexibility index (Phi) is 5.42. The van der Waals surface area contributed by atoms with Crippen LogP contribution in [0.15, 0.2) is 18.2 Å². The lowest BCUT2D eigenvalue weighted by atomic mass is 10.1. The zero-order valence-electron chi connectivity index (χ0n) is 11.0. The van der Waals surface area contributed by atoms with Crippen molar-refractivity contribution in [1.82, 2.24) is 0 Å². The first-order valence-corrected chi connectivity index (χ1v) is 5.57. The minimum atomic E-state index is -0.631. The number of methoxy groups -OCH3 is 2. The van der Waals surface area contributed by atoms with Gasteiger partial charge in [-0.25, -0.2) is 9.59 Å². The standard InChI is InChI=1S/C14H14O5/c1-4-19-13(15)8-6-10-9-11(14(16)18-3)5-7-12(10)17-2/h5,7,9H,4H2,1-3H3. The van der Waals surface area contributed by atoms with Crippen molar-refractivity contribution in [3.05, 3.63) is 29.3 Å². The summed E-state index contributed by atoms with van der Waals surface area (Å²) >= 11 is 0. The van der Waals surface area contributed by atoms with Gasteiger partial charge in [-0.3, -0.25) is 0 Å². The van der Waals surface area contributed by atoms with Crippen molar-refractivity contribution in [3.63, 3.8) is 0 Å². The number of carbonyl (C=O) groups excluding carboxylic acids is 2. The van der Waals surface area contributed by atoms with E-state index < -0.39 is 11.9 Å². The molecule has 1 rings (SSSR count). The van der Waals surface area contributed by atoms with Crippen LogP contribution in [0.4, 0.5) is 0 Å². The zero-order valence-corrected chi connectivity index (χ0v) is 11.0. The number of hydrogen-bond donors (Lipinski definition) is 0. The van der Waals surface area contributed by atoms with E-state index in [0.717, 1.165) is 0 Å². The predicted molar refractivity (Wildman–Crippen MR) is 67.8 cm³/mol. The van der Waals surface area contributed by atoms with Gasteiger partial charge in [-0.1, -0.05) is 5.92 Å². The summed E-state index contributed by atoms with van der Waals surface area (Å²) in [4.78, 5) is 22.6. The van der Waals surface area contributed by atoms with E-state index in [0.29, 0.717) is 16.9 Å². The van der Waals surface area contributed by atoms with Crippen molar-refractivity contribution >= 4 is 11.9 Å².